The maximum Gasteiger partial charge on any atom is 0.416 e. The zero-order valence-corrected chi connectivity index (χ0v) is 14.2. The highest BCUT2D eigenvalue weighted by Gasteiger charge is 2.31. The SMILES string of the molecule is O=C(NC1CCC(Oc2ncc(F)cn2)CC1)c1cccc(C(F)(F)F)c1. The van der Waals surface area contributed by atoms with Gasteiger partial charge in [-0.15, -0.1) is 0 Å². The number of nitrogens with zero attached hydrogens (tertiary/aromatic N) is 2. The number of hydrogen-bond acceptors (Lipinski definition) is 4. The Hall–Kier alpha value is -2.71. The van der Waals surface area contributed by atoms with Gasteiger partial charge in [-0.2, -0.15) is 13.2 Å². The van der Waals surface area contributed by atoms with E-state index in [0.29, 0.717) is 25.7 Å². The topological polar surface area (TPSA) is 64.1 Å². The van der Waals surface area contributed by atoms with E-state index in [0.717, 1.165) is 24.5 Å². The smallest absolute Gasteiger partial charge is 0.416 e. The van der Waals surface area contributed by atoms with Gasteiger partial charge in [0.1, 0.15) is 6.10 Å². The Balaban J connectivity index is 1.51. The summed E-state index contributed by atoms with van der Waals surface area (Å²) in [6, 6.07) is 4.28. The number of aromatic nitrogens is 2. The molecule has 1 heterocycles. The fourth-order valence-electron chi connectivity index (χ4n) is 2.94. The fourth-order valence-corrected chi connectivity index (χ4v) is 2.94. The second-order valence-corrected chi connectivity index (χ2v) is 6.33. The van der Waals surface area contributed by atoms with Crippen molar-refractivity contribution in [2.45, 2.75) is 44.0 Å². The molecule has 0 bridgehead atoms. The Kier molecular flexibility index (Phi) is 5.57. The van der Waals surface area contributed by atoms with Crippen molar-refractivity contribution in [3.63, 3.8) is 0 Å². The van der Waals surface area contributed by atoms with Crippen molar-refractivity contribution < 1.29 is 27.1 Å². The first-order chi connectivity index (χ1) is 12.8. The summed E-state index contributed by atoms with van der Waals surface area (Å²) >= 11 is 0. The fraction of sp³-hybridized carbons (Fsp3) is 0.389. The van der Waals surface area contributed by atoms with Gasteiger partial charge in [0.05, 0.1) is 18.0 Å². The summed E-state index contributed by atoms with van der Waals surface area (Å²) in [5.74, 6) is -1.09. The number of amides is 1. The first-order valence-electron chi connectivity index (χ1n) is 8.43. The second kappa shape index (κ2) is 7.89. The molecule has 1 amide bonds. The lowest BCUT2D eigenvalue weighted by Gasteiger charge is -2.28. The van der Waals surface area contributed by atoms with Gasteiger partial charge in [0.25, 0.3) is 5.91 Å². The second-order valence-electron chi connectivity index (χ2n) is 6.33. The van der Waals surface area contributed by atoms with E-state index in [4.69, 9.17) is 4.74 Å². The molecule has 1 aromatic carbocycles. The van der Waals surface area contributed by atoms with Crippen molar-refractivity contribution in [3.05, 3.63) is 53.6 Å². The molecule has 144 valence electrons. The van der Waals surface area contributed by atoms with E-state index in [9.17, 15) is 22.4 Å². The minimum atomic E-state index is -4.49. The zero-order chi connectivity index (χ0) is 19.4. The van der Waals surface area contributed by atoms with Crippen molar-refractivity contribution in [2.75, 3.05) is 0 Å². The number of rotatable bonds is 4. The average molecular weight is 383 g/mol. The molecule has 1 aliphatic rings. The van der Waals surface area contributed by atoms with Gasteiger partial charge >= 0.3 is 12.2 Å². The lowest BCUT2D eigenvalue weighted by atomic mass is 9.92. The Morgan fingerprint density at radius 3 is 2.41 bits per heavy atom. The number of carbonyl (C=O) groups is 1. The number of benzene rings is 1. The minimum Gasteiger partial charge on any atom is -0.460 e. The summed E-state index contributed by atoms with van der Waals surface area (Å²) in [6.07, 6.45) is -0.159. The predicted molar refractivity (Wildman–Crippen MR) is 87.6 cm³/mol. The lowest BCUT2D eigenvalue weighted by Crippen LogP contribution is -2.39. The van der Waals surface area contributed by atoms with Crippen LogP contribution >= 0.6 is 0 Å². The van der Waals surface area contributed by atoms with Crippen LogP contribution in [0.5, 0.6) is 6.01 Å². The largest absolute Gasteiger partial charge is 0.460 e. The van der Waals surface area contributed by atoms with Gasteiger partial charge in [-0.05, 0) is 43.9 Å². The van der Waals surface area contributed by atoms with Crippen molar-refractivity contribution in [1.82, 2.24) is 15.3 Å². The van der Waals surface area contributed by atoms with Crippen molar-refractivity contribution in [1.29, 1.82) is 0 Å². The highest BCUT2D eigenvalue weighted by Crippen LogP contribution is 2.29. The number of halogens is 4. The Labute approximate surface area is 152 Å². The van der Waals surface area contributed by atoms with Gasteiger partial charge in [0.2, 0.25) is 0 Å². The molecule has 0 spiro atoms. The molecule has 9 heteroatoms. The standard InChI is InChI=1S/C18H17F4N3O2/c19-13-9-23-17(24-10-13)27-15-6-4-14(5-7-15)25-16(26)11-2-1-3-12(8-11)18(20,21)22/h1-3,8-10,14-15H,4-7H2,(H,25,26). The molecule has 3 rings (SSSR count). The first-order valence-corrected chi connectivity index (χ1v) is 8.43. The molecule has 0 radical (unpaired) electrons. The van der Waals surface area contributed by atoms with Crippen molar-refractivity contribution in [2.24, 2.45) is 0 Å². The van der Waals surface area contributed by atoms with Crippen LogP contribution in [-0.2, 0) is 6.18 Å². The maximum absolute atomic E-state index is 12.8. The normalized spacial score (nSPS) is 20.1. The van der Waals surface area contributed by atoms with E-state index in [1.54, 1.807) is 0 Å². The third kappa shape index (κ3) is 5.15. The van der Waals surface area contributed by atoms with Crippen molar-refractivity contribution >= 4 is 5.91 Å². The number of ether oxygens (including phenoxy) is 1. The summed E-state index contributed by atoms with van der Waals surface area (Å²) < 4.78 is 56.6. The van der Waals surface area contributed by atoms with Gasteiger partial charge in [0, 0.05) is 11.6 Å². The maximum atomic E-state index is 12.8. The molecule has 27 heavy (non-hydrogen) atoms. The summed E-state index contributed by atoms with van der Waals surface area (Å²) in [4.78, 5) is 19.7. The van der Waals surface area contributed by atoms with Crippen LogP contribution in [0.15, 0.2) is 36.7 Å². The number of hydrogen-bond donors (Lipinski definition) is 1. The Bertz CT molecular complexity index is 788. The van der Waals surface area contributed by atoms with E-state index in [2.05, 4.69) is 15.3 Å². The summed E-state index contributed by atoms with van der Waals surface area (Å²) in [5.41, 5.74) is -0.880. The first kappa shape index (κ1) is 19.1. The molecule has 0 saturated heterocycles. The molecule has 1 fully saturated rings. The van der Waals surface area contributed by atoms with Crippen LogP contribution in [0.1, 0.15) is 41.6 Å². The molecule has 1 N–H and O–H groups in total. The summed E-state index contributed by atoms with van der Waals surface area (Å²) in [7, 11) is 0. The summed E-state index contributed by atoms with van der Waals surface area (Å²) in [5, 5.41) is 2.76. The molecule has 0 atom stereocenters. The molecule has 1 saturated carbocycles. The molecular weight excluding hydrogens is 366 g/mol. The lowest BCUT2D eigenvalue weighted by molar-refractivity contribution is -0.137. The van der Waals surface area contributed by atoms with E-state index < -0.39 is 23.5 Å². The van der Waals surface area contributed by atoms with Gasteiger partial charge in [-0.25, -0.2) is 14.4 Å². The zero-order valence-electron chi connectivity index (χ0n) is 14.2. The van der Waals surface area contributed by atoms with E-state index in [1.165, 1.54) is 12.1 Å². The Morgan fingerprint density at radius 1 is 1.11 bits per heavy atom. The highest BCUT2D eigenvalue weighted by atomic mass is 19.4. The van der Waals surface area contributed by atoms with Gasteiger partial charge in [-0.3, -0.25) is 4.79 Å². The van der Waals surface area contributed by atoms with Crippen molar-refractivity contribution in [3.8, 4) is 6.01 Å². The van der Waals surface area contributed by atoms with Crippen LogP contribution in [-0.4, -0.2) is 28.0 Å². The molecule has 1 aromatic heterocycles. The van der Waals surface area contributed by atoms with E-state index in [-0.39, 0.29) is 23.7 Å². The van der Waals surface area contributed by atoms with Gasteiger partial charge in [-0.1, -0.05) is 6.07 Å². The number of alkyl halides is 3. The van der Waals surface area contributed by atoms with Gasteiger partial charge in [0.15, 0.2) is 5.82 Å². The quantitative estimate of drug-likeness (QED) is 0.817. The molecule has 0 unspecified atom stereocenters. The monoisotopic (exact) mass is 383 g/mol. The molecule has 5 nitrogen and oxygen atoms in total. The average Bonchev–Trinajstić information content (AvgIpc) is 2.64. The van der Waals surface area contributed by atoms with Crippen LogP contribution in [0.2, 0.25) is 0 Å². The predicted octanol–water partition coefficient (Wildman–Crippen LogP) is 3.75. The van der Waals surface area contributed by atoms with Crippen LogP contribution in [0, 0.1) is 5.82 Å². The van der Waals surface area contributed by atoms with Crippen LogP contribution in [0.25, 0.3) is 0 Å². The minimum absolute atomic E-state index is 0.0251. The van der Waals surface area contributed by atoms with Gasteiger partial charge < -0.3 is 10.1 Å². The molecule has 1 aliphatic carbocycles. The molecule has 2 aromatic rings. The number of carbonyl (C=O) groups excluding carboxylic acids is 1. The highest BCUT2D eigenvalue weighted by molar-refractivity contribution is 5.94. The Morgan fingerprint density at radius 2 is 1.78 bits per heavy atom. The third-order valence-electron chi connectivity index (χ3n) is 4.33. The van der Waals surface area contributed by atoms with Crippen LogP contribution < -0.4 is 10.1 Å². The number of nitrogens with one attached hydrogen (secondary N) is 1. The summed E-state index contributed by atoms with van der Waals surface area (Å²) in [6.45, 7) is 0. The van der Waals surface area contributed by atoms with Crippen LogP contribution in [0.4, 0.5) is 17.6 Å². The van der Waals surface area contributed by atoms with E-state index in [1.807, 2.05) is 0 Å². The van der Waals surface area contributed by atoms with E-state index >= 15 is 0 Å². The third-order valence-corrected chi connectivity index (χ3v) is 4.33. The molecule has 0 aliphatic heterocycles. The van der Waals surface area contributed by atoms with Crippen LogP contribution in [0.3, 0.4) is 0 Å². The molecular formula is C18H17F4N3O2.